The Bertz CT molecular complexity index is 1100. The van der Waals surface area contributed by atoms with Crippen LogP contribution in [0.4, 0.5) is 5.13 Å². The van der Waals surface area contributed by atoms with Gasteiger partial charge in [0, 0.05) is 17.8 Å². The lowest BCUT2D eigenvalue weighted by Crippen LogP contribution is -2.24. The van der Waals surface area contributed by atoms with Crippen LogP contribution in [0.3, 0.4) is 0 Å². The molecule has 2 amide bonds. The predicted molar refractivity (Wildman–Crippen MR) is 104 cm³/mol. The normalized spacial score (nSPS) is 13.5. The van der Waals surface area contributed by atoms with E-state index >= 15 is 0 Å². The maximum atomic E-state index is 12.8. The molecule has 1 aliphatic rings. The van der Waals surface area contributed by atoms with Crippen LogP contribution in [0.25, 0.3) is 10.2 Å². The van der Waals surface area contributed by atoms with E-state index in [1.165, 1.54) is 22.0 Å². The number of anilines is 1. The van der Waals surface area contributed by atoms with Crippen LogP contribution in [-0.4, -0.2) is 26.3 Å². The first kappa shape index (κ1) is 17.8. The third-order valence-electron chi connectivity index (χ3n) is 4.52. The highest BCUT2D eigenvalue weighted by Gasteiger charge is 2.20. The lowest BCUT2D eigenvalue weighted by molar-refractivity contribution is -0.116. The second kappa shape index (κ2) is 7.20. The van der Waals surface area contributed by atoms with Crippen LogP contribution >= 0.6 is 22.7 Å². The van der Waals surface area contributed by atoms with Gasteiger partial charge in [0.2, 0.25) is 5.91 Å². The smallest absolute Gasteiger partial charge is 0.262 e. The van der Waals surface area contributed by atoms with Crippen molar-refractivity contribution in [3.8, 4) is 0 Å². The first-order valence-corrected chi connectivity index (χ1v) is 10.2. The maximum Gasteiger partial charge on any atom is 0.262 e. The number of hydrogen-bond donors (Lipinski definition) is 2. The predicted octanol–water partition coefficient (Wildman–Crippen LogP) is 1.92. The lowest BCUT2D eigenvalue weighted by atomic mass is 9.97. The average Bonchev–Trinajstić information content (AvgIpc) is 3.25. The van der Waals surface area contributed by atoms with E-state index in [0.29, 0.717) is 10.5 Å². The standard InChI is InChI=1S/C17H17N5O3S2/c18-14(24)11-7-19-17(27-11)21-12(23)5-6-22-8-20-15-13(16(22)25)9-3-1-2-4-10(9)26-15/h7-8H,1-6H2,(H2,18,24)(H,19,21,23). The van der Waals surface area contributed by atoms with Gasteiger partial charge in [-0.15, -0.1) is 11.3 Å². The largest absolute Gasteiger partial charge is 0.365 e. The van der Waals surface area contributed by atoms with Gasteiger partial charge in [-0.1, -0.05) is 11.3 Å². The van der Waals surface area contributed by atoms with E-state index in [1.807, 2.05) is 0 Å². The summed E-state index contributed by atoms with van der Waals surface area (Å²) in [5, 5.41) is 3.63. The number of nitrogens with two attached hydrogens (primary N) is 1. The number of carbonyl (C=O) groups excluding carboxylic acids is 2. The van der Waals surface area contributed by atoms with Crippen molar-refractivity contribution >= 4 is 49.8 Å². The first-order chi connectivity index (χ1) is 13.0. The number of thiophene rings is 1. The molecule has 27 heavy (non-hydrogen) atoms. The molecular formula is C17H17N5O3S2. The van der Waals surface area contributed by atoms with Crippen molar-refractivity contribution in [2.75, 3.05) is 5.32 Å². The minimum absolute atomic E-state index is 0.0857. The fourth-order valence-corrected chi connectivity index (χ4v) is 5.09. The van der Waals surface area contributed by atoms with Gasteiger partial charge in [-0.3, -0.25) is 19.0 Å². The van der Waals surface area contributed by atoms with Crippen LogP contribution < -0.4 is 16.6 Å². The highest BCUT2D eigenvalue weighted by atomic mass is 32.1. The number of nitrogens with zero attached hydrogens (tertiary/aromatic N) is 3. The molecule has 4 rings (SSSR count). The summed E-state index contributed by atoms with van der Waals surface area (Å²) < 4.78 is 1.49. The van der Waals surface area contributed by atoms with E-state index in [1.54, 1.807) is 11.3 Å². The van der Waals surface area contributed by atoms with E-state index in [4.69, 9.17) is 5.73 Å². The summed E-state index contributed by atoms with van der Waals surface area (Å²) in [7, 11) is 0. The van der Waals surface area contributed by atoms with Crippen LogP contribution in [-0.2, 0) is 24.2 Å². The third kappa shape index (κ3) is 3.50. The summed E-state index contributed by atoms with van der Waals surface area (Å²) >= 11 is 2.62. The van der Waals surface area contributed by atoms with Crippen LogP contribution in [0.5, 0.6) is 0 Å². The molecule has 0 aliphatic heterocycles. The maximum absolute atomic E-state index is 12.8. The van der Waals surface area contributed by atoms with E-state index in [2.05, 4.69) is 15.3 Å². The van der Waals surface area contributed by atoms with Crippen LogP contribution in [0.1, 0.15) is 39.4 Å². The van der Waals surface area contributed by atoms with Crippen molar-refractivity contribution in [1.82, 2.24) is 14.5 Å². The van der Waals surface area contributed by atoms with E-state index in [9.17, 15) is 14.4 Å². The van der Waals surface area contributed by atoms with Crippen molar-refractivity contribution in [2.24, 2.45) is 5.73 Å². The number of carbonyl (C=O) groups is 2. The fourth-order valence-electron chi connectivity index (χ4n) is 3.19. The Morgan fingerprint density at radius 2 is 2.04 bits per heavy atom. The summed E-state index contributed by atoms with van der Waals surface area (Å²) in [5.74, 6) is -0.877. The van der Waals surface area contributed by atoms with Gasteiger partial charge in [-0.2, -0.15) is 0 Å². The Balaban J connectivity index is 1.48. The monoisotopic (exact) mass is 403 g/mol. The zero-order chi connectivity index (χ0) is 19.0. The molecule has 0 unspecified atom stereocenters. The Morgan fingerprint density at radius 1 is 1.22 bits per heavy atom. The zero-order valence-electron chi connectivity index (χ0n) is 14.4. The number of thiazole rings is 1. The molecule has 3 heterocycles. The number of nitrogens with one attached hydrogen (secondary N) is 1. The van der Waals surface area contributed by atoms with Gasteiger partial charge in [0.25, 0.3) is 11.5 Å². The Hall–Kier alpha value is -2.59. The molecule has 1 aliphatic carbocycles. The van der Waals surface area contributed by atoms with Crippen molar-refractivity contribution in [1.29, 1.82) is 0 Å². The van der Waals surface area contributed by atoms with E-state index in [-0.39, 0.29) is 29.3 Å². The Kier molecular flexibility index (Phi) is 4.75. The van der Waals surface area contributed by atoms with Crippen molar-refractivity contribution in [2.45, 2.75) is 38.6 Å². The summed E-state index contributed by atoms with van der Waals surface area (Å²) in [6, 6.07) is 0. The summed E-state index contributed by atoms with van der Waals surface area (Å²) in [6.07, 6.45) is 7.12. The molecule has 3 aromatic heterocycles. The first-order valence-electron chi connectivity index (χ1n) is 8.58. The summed E-state index contributed by atoms with van der Waals surface area (Å²) in [6.45, 7) is 0.228. The van der Waals surface area contributed by atoms with Crippen LogP contribution in [0.15, 0.2) is 17.3 Å². The fraction of sp³-hybridized carbons (Fsp3) is 0.353. The highest BCUT2D eigenvalue weighted by molar-refractivity contribution is 7.18. The number of aryl methyl sites for hydroxylation is 3. The molecule has 0 fully saturated rings. The number of primary amides is 1. The molecule has 3 aromatic rings. The number of hydrogen-bond acceptors (Lipinski definition) is 7. The average molecular weight is 403 g/mol. The van der Waals surface area contributed by atoms with Gasteiger partial charge in [-0.25, -0.2) is 9.97 Å². The van der Waals surface area contributed by atoms with Gasteiger partial charge < -0.3 is 11.1 Å². The minimum atomic E-state index is -0.585. The molecule has 10 heteroatoms. The van der Waals surface area contributed by atoms with E-state index < -0.39 is 5.91 Å². The van der Waals surface area contributed by atoms with Crippen molar-refractivity contribution in [3.63, 3.8) is 0 Å². The molecule has 3 N–H and O–H groups in total. The summed E-state index contributed by atoms with van der Waals surface area (Å²) in [5.41, 5.74) is 6.22. The second-order valence-corrected chi connectivity index (χ2v) is 8.44. The second-order valence-electron chi connectivity index (χ2n) is 6.33. The molecule has 0 atom stereocenters. The number of aromatic nitrogens is 3. The molecule has 0 radical (unpaired) electrons. The Morgan fingerprint density at radius 3 is 2.81 bits per heavy atom. The van der Waals surface area contributed by atoms with Gasteiger partial charge >= 0.3 is 0 Å². The summed E-state index contributed by atoms with van der Waals surface area (Å²) in [4.78, 5) is 46.7. The SMILES string of the molecule is NC(=O)c1cnc(NC(=O)CCn2cnc3sc4c(c3c2=O)CCCC4)s1. The topological polar surface area (TPSA) is 120 Å². The van der Waals surface area contributed by atoms with Crippen molar-refractivity contribution < 1.29 is 9.59 Å². The van der Waals surface area contributed by atoms with Gasteiger partial charge in [0.1, 0.15) is 9.71 Å². The number of rotatable bonds is 5. The third-order valence-corrected chi connectivity index (χ3v) is 6.64. The number of fused-ring (bicyclic) bond motifs is 3. The molecule has 0 spiro atoms. The quantitative estimate of drug-likeness (QED) is 0.674. The molecular weight excluding hydrogens is 386 g/mol. The number of amides is 2. The Labute approximate surface area is 162 Å². The molecule has 0 saturated carbocycles. The molecule has 0 saturated heterocycles. The highest BCUT2D eigenvalue weighted by Crippen LogP contribution is 2.33. The molecule has 0 bridgehead atoms. The molecule has 8 nitrogen and oxygen atoms in total. The van der Waals surface area contributed by atoms with Crippen LogP contribution in [0, 0.1) is 0 Å². The van der Waals surface area contributed by atoms with Gasteiger partial charge in [0.15, 0.2) is 5.13 Å². The van der Waals surface area contributed by atoms with Crippen molar-refractivity contribution in [3.05, 3.63) is 38.2 Å². The van der Waals surface area contributed by atoms with Gasteiger partial charge in [0.05, 0.1) is 17.9 Å². The zero-order valence-corrected chi connectivity index (χ0v) is 16.0. The molecule has 0 aromatic carbocycles. The minimum Gasteiger partial charge on any atom is -0.365 e. The van der Waals surface area contributed by atoms with Gasteiger partial charge in [-0.05, 0) is 31.2 Å². The lowest BCUT2D eigenvalue weighted by Gasteiger charge is -2.10. The van der Waals surface area contributed by atoms with Crippen LogP contribution in [0.2, 0.25) is 0 Å². The molecule has 140 valence electrons. The van der Waals surface area contributed by atoms with E-state index in [0.717, 1.165) is 47.4 Å².